The highest BCUT2D eigenvalue weighted by atomic mass is 31.0. The van der Waals surface area contributed by atoms with Gasteiger partial charge in [-0.05, 0) is 24.9 Å². The second-order valence-electron chi connectivity index (χ2n) is 2.63. The van der Waals surface area contributed by atoms with Crippen molar-refractivity contribution in [2.75, 3.05) is 19.4 Å². The zero-order chi connectivity index (χ0) is 8.53. The zero-order valence-electron chi connectivity index (χ0n) is 7.38. The first-order chi connectivity index (χ1) is 5.35. The largest absolute Gasteiger partial charge is 0.381 e. The van der Waals surface area contributed by atoms with Gasteiger partial charge >= 0.3 is 0 Å². The SMILES string of the molecule is C=CC(CP)CCOCCC. The maximum Gasteiger partial charge on any atom is 0.0471 e. The van der Waals surface area contributed by atoms with Crippen LogP contribution in [0.1, 0.15) is 19.8 Å². The first-order valence-corrected chi connectivity index (χ1v) is 5.07. The average molecular weight is 174 g/mol. The van der Waals surface area contributed by atoms with E-state index in [1.807, 2.05) is 6.08 Å². The van der Waals surface area contributed by atoms with Crippen molar-refractivity contribution in [3.05, 3.63) is 12.7 Å². The molecule has 0 aromatic rings. The standard InChI is InChI=1S/C9H19OP/c1-3-6-10-7-5-9(4-2)8-11/h4,9H,2-3,5-8,11H2,1H3. The molecule has 0 amide bonds. The summed E-state index contributed by atoms with van der Waals surface area (Å²) in [6.45, 7) is 7.65. The first-order valence-electron chi connectivity index (χ1n) is 4.25. The fourth-order valence-electron chi connectivity index (χ4n) is 0.813. The maximum atomic E-state index is 5.36. The highest BCUT2D eigenvalue weighted by Gasteiger charge is 1.99. The van der Waals surface area contributed by atoms with Crippen LogP contribution in [0.5, 0.6) is 0 Å². The van der Waals surface area contributed by atoms with E-state index in [4.69, 9.17) is 4.74 Å². The van der Waals surface area contributed by atoms with Crippen LogP contribution < -0.4 is 0 Å². The van der Waals surface area contributed by atoms with Crippen LogP contribution in [0.3, 0.4) is 0 Å². The molecule has 0 fully saturated rings. The topological polar surface area (TPSA) is 9.23 Å². The van der Waals surface area contributed by atoms with Crippen molar-refractivity contribution in [3.63, 3.8) is 0 Å². The van der Waals surface area contributed by atoms with Crippen molar-refractivity contribution >= 4 is 9.24 Å². The lowest BCUT2D eigenvalue weighted by atomic mass is 10.1. The molecule has 0 aliphatic heterocycles. The second-order valence-corrected chi connectivity index (χ2v) is 3.10. The Labute approximate surface area is 72.4 Å². The number of hydrogen-bond donors (Lipinski definition) is 0. The van der Waals surface area contributed by atoms with Gasteiger partial charge in [0.2, 0.25) is 0 Å². The molecule has 2 heteroatoms. The predicted molar refractivity (Wildman–Crippen MR) is 54.0 cm³/mol. The van der Waals surface area contributed by atoms with E-state index in [0.717, 1.165) is 32.2 Å². The molecule has 2 atom stereocenters. The number of rotatable bonds is 7. The minimum absolute atomic E-state index is 0.608. The van der Waals surface area contributed by atoms with Gasteiger partial charge in [-0.15, -0.1) is 15.8 Å². The van der Waals surface area contributed by atoms with Crippen molar-refractivity contribution in [1.29, 1.82) is 0 Å². The second kappa shape index (κ2) is 8.23. The zero-order valence-corrected chi connectivity index (χ0v) is 8.54. The monoisotopic (exact) mass is 174 g/mol. The van der Waals surface area contributed by atoms with Crippen LogP contribution >= 0.6 is 9.24 Å². The Morgan fingerprint density at radius 2 is 2.27 bits per heavy atom. The average Bonchev–Trinajstić information content (AvgIpc) is 2.05. The van der Waals surface area contributed by atoms with Gasteiger partial charge in [-0.2, -0.15) is 0 Å². The Hall–Kier alpha value is 0.130. The molecule has 0 spiro atoms. The van der Waals surface area contributed by atoms with Crippen molar-refractivity contribution in [3.8, 4) is 0 Å². The molecule has 11 heavy (non-hydrogen) atoms. The summed E-state index contributed by atoms with van der Waals surface area (Å²) in [5.41, 5.74) is 0. The Balaban J connectivity index is 3.14. The Bertz CT molecular complexity index is 93.6. The van der Waals surface area contributed by atoms with Gasteiger partial charge in [0.05, 0.1) is 0 Å². The molecule has 0 saturated carbocycles. The summed E-state index contributed by atoms with van der Waals surface area (Å²) in [6, 6.07) is 0. The summed E-state index contributed by atoms with van der Waals surface area (Å²) in [6.07, 6.45) is 5.31. The van der Waals surface area contributed by atoms with Crippen LogP contribution in [-0.4, -0.2) is 19.4 Å². The van der Waals surface area contributed by atoms with E-state index in [0.29, 0.717) is 5.92 Å². The van der Waals surface area contributed by atoms with E-state index in [-0.39, 0.29) is 0 Å². The number of allylic oxidation sites excluding steroid dienone is 1. The molecule has 0 radical (unpaired) electrons. The van der Waals surface area contributed by atoms with Crippen molar-refractivity contribution < 1.29 is 4.74 Å². The van der Waals surface area contributed by atoms with Crippen molar-refractivity contribution in [2.24, 2.45) is 5.92 Å². The van der Waals surface area contributed by atoms with Gasteiger partial charge in [0.1, 0.15) is 0 Å². The van der Waals surface area contributed by atoms with Gasteiger partial charge in [-0.25, -0.2) is 0 Å². The number of ether oxygens (including phenoxy) is 1. The smallest absolute Gasteiger partial charge is 0.0471 e. The first kappa shape index (κ1) is 11.1. The number of hydrogen-bond acceptors (Lipinski definition) is 1. The van der Waals surface area contributed by atoms with Gasteiger partial charge in [-0.1, -0.05) is 13.0 Å². The summed E-state index contributed by atoms with van der Waals surface area (Å²) < 4.78 is 5.36. The maximum absolute atomic E-state index is 5.36. The molecule has 1 nitrogen and oxygen atoms in total. The summed E-state index contributed by atoms with van der Waals surface area (Å²) in [7, 11) is 2.73. The molecular formula is C9H19OP. The lowest BCUT2D eigenvalue weighted by molar-refractivity contribution is 0.127. The summed E-state index contributed by atoms with van der Waals surface area (Å²) in [5.74, 6) is 0.608. The molecule has 2 unspecified atom stereocenters. The van der Waals surface area contributed by atoms with Crippen LogP contribution in [0.15, 0.2) is 12.7 Å². The Morgan fingerprint density at radius 1 is 1.55 bits per heavy atom. The molecular weight excluding hydrogens is 155 g/mol. The lowest BCUT2D eigenvalue weighted by Crippen LogP contribution is -2.04. The Morgan fingerprint density at radius 3 is 2.73 bits per heavy atom. The van der Waals surface area contributed by atoms with Gasteiger partial charge in [0.15, 0.2) is 0 Å². The van der Waals surface area contributed by atoms with Crippen LogP contribution in [0.2, 0.25) is 0 Å². The highest BCUT2D eigenvalue weighted by molar-refractivity contribution is 7.16. The normalized spacial score (nSPS) is 12.9. The van der Waals surface area contributed by atoms with Gasteiger partial charge in [0, 0.05) is 13.2 Å². The van der Waals surface area contributed by atoms with E-state index >= 15 is 0 Å². The van der Waals surface area contributed by atoms with E-state index in [1.54, 1.807) is 0 Å². The lowest BCUT2D eigenvalue weighted by Gasteiger charge is -2.08. The molecule has 0 aliphatic rings. The summed E-state index contributed by atoms with van der Waals surface area (Å²) in [4.78, 5) is 0. The van der Waals surface area contributed by atoms with Gasteiger partial charge < -0.3 is 4.74 Å². The molecule has 0 aromatic heterocycles. The minimum atomic E-state index is 0.608. The van der Waals surface area contributed by atoms with Crippen molar-refractivity contribution in [1.82, 2.24) is 0 Å². The molecule has 0 saturated heterocycles. The van der Waals surface area contributed by atoms with Gasteiger partial charge in [0.25, 0.3) is 0 Å². The van der Waals surface area contributed by atoms with Crippen LogP contribution in [0, 0.1) is 5.92 Å². The minimum Gasteiger partial charge on any atom is -0.381 e. The summed E-state index contributed by atoms with van der Waals surface area (Å²) >= 11 is 0. The molecule has 0 N–H and O–H groups in total. The quantitative estimate of drug-likeness (QED) is 0.327. The highest BCUT2D eigenvalue weighted by Crippen LogP contribution is 2.07. The van der Waals surface area contributed by atoms with Crippen LogP contribution in [0.4, 0.5) is 0 Å². The van der Waals surface area contributed by atoms with Crippen molar-refractivity contribution in [2.45, 2.75) is 19.8 Å². The van der Waals surface area contributed by atoms with Crippen LogP contribution in [-0.2, 0) is 4.74 Å². The third kappa shape index (κ3) is 6.52. The fourth-order valence-corrected chi connectivity index (χ4v) is 1.24. The molecule has 0 aliphatic carbocycles. The fraction of sp³-hybridized carbons (Fsp3) is 0.778. The van der Waals surface area contributed by atoms with Gasteiger partial charge in [-0.3, -0.25) is 0 Å². The molecule has 0 aromatic carbocycles. The van der Waals surface area contributed by atoms with E-state index in [2.05, 4.69) is 22.7 Å². The third-order valence-corrected chi connectivity index (χ3v) is 2.22. The third-order valence-electron chi connectivity index (χ3n) is 1.62. The van der Waals surface area contributed by atoms with E-state index in [9.17, 15) is 0 Å². The van der Waals surface area contributed by atoms with Crippen LogP contribution in [0.25, 0.3) is 0 Å². The molecule has 0 rings (SSSR count). The summed E-state index contributed by atoms with van der Waals surface area (Å²) in [5, 5.41) is 0. The molecule has 66 valence electrons. The van der Waals surface area contributed by atoms with E-state index < -0.39 is 0 Å². The van der Waals surface area contributed by atoms with E-state index in [1.165, 1.54) is 0 Å². The molecule has 0 bridgehead atoms. The molecule has 0 heterocycles. The Kier molecular flexibility index (Phi) is 8.33. The predicted octanol–water partition coefficient (Wildman–Crippen LogP) is 2.48.